The Morgan fingerprint density at radius 1 is 1.03 bits per heavy atom. The highest BCUT2D eigenvalue weighted by atomic mass is 19.1. The van der Waals surface area contributed by atoms with Crippen molar-refractivity contribution in [1.82, 2.24) is 40.3 Å². The van der Waals surface area contributed by atoms with Crippen molar-refractivity contribution < 1.29 is 42.2 Å². The summed E-state index contributed by atoms with van der Waals surface area (Å²) in [6, 6.07) is 12.4. The second-order valence-corrected chi connectivity index (χ2v) is 20.4. The van der Waals surface area contributed by atoms with Crippen molar-refractivity contribution in [3.63, 3.8) is 0 Å². The molecule has 8 heterocycles. The predicted octanol–water partition coefficient (Wildman–Crippen LogP) is 5.85. The first kappa shape index (κ1) is 48.7. The number of terminal acetylenes is 1. The van der Waals surface area contributed by atoms with Crippen LogP contribution in [-0.4, -0.2) is 149 Å². The normalized spacial score (nSPS) is 22.7. The van der Waals surface area contributed by atoms with Crippen LogP contribution in [0.5, 0.6) is 6.01 Å². The number of ether oxygens (including phenoxy) is 2. The average Bonchev–Trinajstić information content (AvgIpc) is 4.10. The first-order valence-electron chi connectivity index (χ1n) is 25.3. The lowest BCUT2D eigenvalue weighted by molar-refractivity contribution is -0.124. The van der Waals surface area contributed by atoms with Gasteiger partial charge in [0, 0.05) is 93.7 Å². The summed E-state index contributed by atoms with van der Waals surface area (Å²) in [4.78, 5) is 85.4. The summed E-state index contributed by atoms with van der Waals surface area (Å²) in [6.45, 7) is 8.12. The molecule has 4 amide bonds. The molecule has 6 aliphatic heterocycles. The van der Waals surface area contributed by atoms with Gasteiger partial charge in [-0.05, 0) is 74.4 Å². The lowest BCUT2D eigenvalue weighted by Gasteiger charge is -2.39. The van der Waals surface area contributed by atoms with Crippen molar-refractivity contribution in [3.8, 4) is 29.6 Å². The number of nitrogens with one attached hydrogen (secondary N) is 3. The minimum Gasteiger partial charge on any atom is -0.461 e. The molecule has 2 aromatic heterocycles. The molecular formula is C55H56F2N10O7. The standard InChI is InChI=1S/C55H56F2N10O7/c1-4-37-41(56)16-13-33-8-5-9-38(44(33)37)47-46(57)48-40(23-60-47)49(64-27-34-14-15-35(28-64)61-34)63-53(62-48)74-30-55-19-17-36(66(55)24-31(2)22-55)29-73-54(72)65-25-32(26-65)18-20-59-42-11-6-10-39-45(42)52(71)67(51(39)70)43(12-7-21-68)50(69)58-3/h1,5-6,8-11,13,16,21,23,32,34-36,43,59,61H,2,7,12,14-15,17-20,22,24-30H2,3H3,(H,58,69). The van der Waals surface area contributed by atoms with E-state index in [1.54, 1.807) is 53.6 Å². The van der Waals surface area contributed by atoms with E-state index in [2.05, 4.69) is 43.2 Å². The van der Waals surface area contributed by atoms with E-state index in [1.807, 2.05) is 0 Å². The fraction of sp³-hybridized carbons (Fsp3) is 0.418. The van der Waals surface area contributed by atoms with Gasteiger partial charge in [0.25, 0.3) is 11.8 Å². The van der Waals surface area contributed by atoms with Crippen molar-refractivity contribution >= 4 is 63.3 Å². The number of imide groups is 1. The number of piperazine rings is 1. The number of benzene rings is 3. The van der Waals surface area contributed by atoms with Gasteiger partial charge in [0.2, 0.25) is 5.91 Å². The summed E-state index contributed by atoms with van der Waals surface area (Å²) in [6.07, 6.45) is 12.5. The zero-order valence-corrected chi connectivity index (χ0v) is 41.0. The zero-order valence-electron chi connectivity index (χ0n) is 41.0. The van der Waals surface area contributed by atoms with Crippen LogP contribution in [0.3, 0.4) is 0 Å². The van der Waals surface area contributed by atoms with Gasteiger partial charge in [0.1, 0.15) is 48.4 Å². The third kappa shape index (κ3) is 8.62. The molecule has 382 valence electrons. The number of anilines is 2. The predicted molar refractivity (Wildman–Crippen MR) is 272 cm³/mol. The van der Waals surface area contributed by atoms with Gasteiger partial charge in [-0.2, -0.15) is 9.97 Å². The number of likely N-dealkylation sites (tertiary alicyclic amines) is 1. The fourth-order valence-electron chi connectivity index (χ4n) is 12.2. The fourth-order valence-corrected chi connectivity index (χ4v) is 12.2. The summed E-state index contributed by atoms with van der Waals surface area (Å²) < 4.78 is 44.8. The molecule has 3 N–H and O–H groups in total. The first-order chi connectivity index (χ1) is 35.9. The number of halogens is 2. The minimum atomic E-state index is -1.11. The second kappa shape index (κ2) is 19.7. The number of amides is 4. The number of carbonyl (C=O) groups is 5. The second-order valence-electron chi connectivity index (χ2n) is 20.4. The quantitative estimate of drug-likeness (QED) is 0.0462. The maximum atomic E-state index is 17.2. The Balaban J connectivity index is 0.737. The molecule has 5 saturated heterocycles. The molecule has 5 fully saturated rings. The van der Waals surface area contributed by atoms with Crippen molar-refractivity contribution in [3.05, 3.63) is 95.2 Å². The Morgan fingerprint density at radius 2 is 1.81 bits per heavy atom. The number of aldehydes is 1. The van der Waals surface area contributed by atoms with Crippen molar-refractivity contribution in [2.24, 2.45) is 5.92 Å². The molecule has 0 aliphatic carbocycles. The molecule has 17 nitrogen and oxygen atoms in total. The van der Waals surface area contributed by atoms with Crippen LogP contribution >= 0.6 is 0 Å². The SMILES string of the molecule is C#Cc1c(F)ccc2cccc(-c3ncc4c(N5CC6CCC(C5)N6)nc(OCC56CCC(COC(=O)N7CC(CCNc8cccc9c8C(=O)N(C(CCC=O)C(=O)NC)C9=O)C7)N5CC(=C)C6)nc4c3F)c12. The van der Waals surface area contributed by atoms with Crippen LogP contribution in [0.2, 0.25) is 0 Å². The number of rotatable bonds is 16. The molecule has 11 rings (SSSR count). The zero-order chi connectivity index (χ0) is 51.4. The largest absolute Gasteiger partial charge is 0.461 e. The van der Waals surface area contributed by atoms with E-state index in [0.717, 1.165) is 36.2 Å². The van der Waals surface area contributed by atoms with Gasteiger partial charge >= 0.3 is 12.1 Å². The molecule has 0 saturated carbocycles. The van der Waals surface area contributed by atoms with Crippen LogP contribution in [0.15, 0.2) is 66.9 Å². The third-order valence-corrected chi connectivity index (χ3v) is 15.8. The lowest BCUT2D eigenvalue weighted by Crippen LogP contribution is -2.52. The summed E-state index contributed by atoms with van der Waals surface area (Å²) in [5.74, 6) is 0.176. The summed E-state index contributed by atoms with van der Waals surface area (Å²) in [7, 11) is 1.41. The van der Waals surface area contributed by atoms with Crippen molar-refractivity contribution in [2.75, 3.05) is 69.7 Å². The van der Waals surface area contributed by atoms with Gasteiger partial charge in [-0.3, -0.25) is 29.2 Å². The van der Waals surface area contributed by atoms with Gasteiger partial charge in [-0.25, -0.2) is 13.6 Å². The van der Waals surface area contributed by atoms with Crippen LogP contribution < -0.4 is 25.6 Å². The van der Waals surface area contributed by atoms with E-state index >= 15 is 8.78 Å². The van der Waals surface area contributed by atoms with Crippen molar-refractivity contribution in [1.29, 1.82) is 0 Å². The van der Waals surface area contributed by atoms with E-state index in [0.29, 0.717) is 91.6 Å². The number of pyridine rings is 1. The maximum absolute atomic E-state index is 17.2. The number of carbonyl (C=O) groups excluding carboxylic acids is 5. The van der Waals surface area contributed by atoms with Crippen LogP contribution in [0.25, 0.3) is 32.9 Å². The highest BCUT2D eigenvalue weighted by molar-refractivity contribution is 6.25. The third-order valence-electron chi connectivity index (χ3n) is 15.8. The molecule has 5 atom stereocenters. The Bertz CT molecular complexity index is 3180. The smallest absolute Gasteiger partial charge is 0.409 e. The molecule has 0 radical (unpaired) electrons. The number of nitrogens with zero attached hydrogens (tertiary/aromatic N) is 7. The van der Waals surface area contributed by atoms with E-state index in [4.69, 9.17) is 25.9 Å². The number of hydrogen-bond acceptors (Lipinski definition) is 14. The molecule has 2 bridgehead atoms. The molecule has 3 aromatic carbocycles. The summed E-state index contributed by atoms with van der Waals surface area (Å²) in [5.41, 5.74) is 1.79. The monoisotopic (exact) mass is 1010 g/mol. The molecule has 5 aromatic rings. The molecule has 19 heteroatoms. The van der Waals surface area contributed by atoms with Crippen LogP contribution in [0, 0.1) is 29.9 Å². The highest BCUT2D eigenvalue weighted by Crippen LogP contribution is 2.45. The Morgan fingerprint density at radius 3 is 2.58 bits per heavy atom. The van der Waals surface area contributed by atoms with Gasteiger partial charge in [-0.15, -0.1) is 6.42 Å². The maximum Gasteiger partial charge on any atom is 0.409 e. The van der Waals surface area contributed by atoms with E-state index < -0.39 is 47.0 Å². The van der Waals surface area contributed by atoms with Gasteiger partial charge < -0.3 is 40.0 Å². The Kier molecular flexibility index (Phi) is 13.0. The molecule has 6 aliphatic rings. The van der Waals surface area contributed by atoms with Crippen LogP contribution in [0.1, 0.15) is 77.6 Å². The first-order valence-corrected chi connectivity index (χ1v) is 25.3. The van der Waals surface area contributed by atoms with E-state index in [9.17, 15) is 24.0 Å². The minimum absolute atomic E-state index is 0.0137. The Hall–Kier alpha value is -7.56. The summed E-state index contributed by atoms with van der Waals surface area (Å²) in [5, 5.41) is 10.9. The van der Waals surface area contributed by atoms with Crippen molar-refractivity contribution in [2.45, 2.75) is 81.1 Å². The van der Waals surface area contributed by atoms with Crippen LogP contribution in [0.4, 0.5) is 25.1 Å². The van der Waals surface area contributed by atoms with E-state index in [-0.39, 0.29) is 84.0 Å². The molecule has 0 spiro atoms. The van der Waals surface area contributed by atoms with Gasteiger partial charge in [-0.1, -0.05) is 48.4 Å². The molecule has 5 unspecified atom stereocenters. The summed E-state index contributed by atoms with van der Waals surface area (Å²) >= 11 is 0. The average molecular weight is 1010 g/mol. The van der Waals surface area contributed by atoms with Gasteiger partial charge in [0.05, 0.1) is 27.6 Å². The van der Waals surface area contributed by atoms with E-state index in [1.165, 1.54) is 13.1 Å². The highest BCUT2D eigenvalue weighted by Gasteiger charge is 2.52. The molecular weight excluding hydrogens is 951 g/mol. The Labute approximate surface area is 426 Å². The number of fused-ring (bicyclic) bond motifs is 6. The number of likely N-dealkylation sites (N-methyl/N-ethyl adjacent to an activating group) is 1. The number of hydrogen-bond donors (Lipinski definition) is 3. The lowest BCUT2D eigenvalue weighted by atomic mass is 9.94. The molecule has 74 heavy (non-hydrogen) atoms. The topological polar surface area (TPSA) is 192 Å². The van der Waals surface area contributed by atoms with Crippen LogP contribution in [-0.2, 0) is 14.3 Å². The van der Waals surface area contributed by atoms with Gasteiger partial charge in [0.15, 0.2) is 5.82 Å². The number of aromatic nitrogens is 3.